The van der Waals surface area contributed by atoms with Gasteiger partial charge in [0.1, 0.15) is 0 Å². The van der Waals surface area contributed by atoms with Crippen molar-refractivity contribution >= 4 is 0 Å². The molecule has 2 N–H and O–H groups in total. The first-order valence-corrected chi connectivity index (χ1v) is 4.57. The molecular formula is C10H19N. The molecule has 0 aliphatic heterocycles. The Labute approximate surface area is 70.4 Å². The molecule has 11 heavy (non-hydrogen) atoms. The Hall–Kier alpha value is -0.480. The fourth-order valence-electron chi connectivity index (χ4n) is 0.925. The van der Waals surface area contributed by atoms with Gasteiger partial charge < -0.3 is 5.73 Å². The summed E-state index contributed by atoms with van der Waals surface area (Å²) in [6, 6.07) is 0. The molecule has 0 aromatic carbocycles. The van der Waals surface area contributed by atoms with Crippen molar-refractivity contribution in [2.75, 3.05) is 6.54 Å². The van der Waals surface area contributed by atoms with Gasteiger partial charge in [0.15, 0.2) is 0 Å². The molecule has 0 unspecified atom stereocenters. The number of hydrogen-bond donors (Lipinski definition) is 1. The summed E-state index contributed by atoms with van der Waals surface area (Å²) in [7, 11) is 0. The quantitative estimate of drug-likeness (QED) is 0.476. The average molecular weight is 153 g/mol. The first-order chi connectivity index (χ1) is 5.41. The molecule has 0 heterocycles. The van der Waals surface area contributed by atoms with Crippen LogP contribution in [0.3, 0.4) is 0 Å². The molecule has 0 aromatic heterocycles. The Bertz CT molecular complexity index is 119. The van der Waals surface area contributed by atoms with E-state index in [0.29, 0.717) is 0 Å². The highest BCUT2D eigenvalue weighted by Crippen LogP contribution is 2.00. The SMILES string of the molecule is CCC#CCCCCCCN. The van der Waals surface area contributed by atoms with Crippen LogP contribution in [0.4, 0.5) is 0 Å². The van der Waals surface area contributed by atoms with E-state index in [2.05, 4.69) is 18.8 Å². The zero-order valence-electron chi connectivity index (χ0n) is 7.53. The Morgan fingerprint density at radius 1 is 1.00 bits per heavy atom. The lowest BCUT2D eigenvalue weighted by molar-refractivity contribution is 0.657. The van der Waals surface area contributed by atoms with Crippen LogP contribution < -0.4 is 5.73 Å². The fourth-order valence-corrected chi connectivity index (χ4v) is 0.925. The molecule has 0 bridgehead atoms. The summed E-state index contributed by atoms with van der Waals surface area (Å²) in [5.74, 6) is 6.20. The third-order valence-corrected chi connectivity index (χ3v) is 1.56. The zero-order valence-corrected chi connectivity index (χ0v) is 7.53. The van der Waals surface area contributed by atoms with E-state index < -0.39 is 0 Å². The van der Waals surface area contributed by atoms with Gasteiger partial charge in [-0.1, -0.05) is 19.8 Å². The van der Waals surface area contributed by atoms with Gasteiger partial charge in [0, 0.05) is 12.8 Å². The maximum Gasteiger partial charge on any atom is 0.00886 e. The van der Waals surface area contributed by atoms with E-state index in [-0.39, 0.29) is 0 Å². The minimum Gasteiger partial charge on any atom is -0.330 e. The van der Waals surface area contributed by atoms with Crippen LogP contribution in [-0.2, 0) is 0 Å². The second-order valence-corrected chi connectivity index (χ2v) is 2.66. The standard InChI is InChI=1S/C10H19N/c1-2-3-4-5-6-7-8-9-10-11/h2,5-11H2,1H3. The largest absolute Gasteiger partial charge is 0.330 e. The van der Waals surface area contributed by atoms with E-state index in [1.807, 2.05) is 0 Å². The highest BCUT2D eigenvalue weighted by atomic mass is 14.5. The minimum absolute atomic E-state index is 0.834. The Kier molecular flexibility index (Phi) is 9.10. The molecule has 0 saturated carbocycles. The number of nitrogens with two attached hydrogens (primary N) is 1. The minimum atomic E-state index is 0.834. The lowest BCUT2D eigenvalue weighted by Crippen LogP contribution is -1.97. The maximum atomic E-state index is 5.36. The van der Waals surface area contributed by atoms with Crippen molar-refractivity contribution in [2.45, 2.75) is 45.4 Å². The van der Waals surface area contributed by atoms with Crippen molar-refractivity contribution in [1.29, 1.82) is 0 Å². The summed E-state index contributed by atoms with van der Waals surface area (Å²) in [5, 5.41) is 0. The molecule has 0 rings (SSSR count). The van der Waals surface area contributed by atoms with Crippen molar-refractivity contribution in [1.82, 2.24) is 0 Å². The topological polar surface area (TPSA) is 26.0 Å². The van der Waals surface area contributed by atoms with Crippen LogP contribution in [-0.4, -0.2) is 6.54 Å². The smallest absolute Gasteiger partial charge is 0.00886 e. The normalized spacial score (nSPS) is 8.91. The van der Waals surface area contributed by atoms with Gasteiger partial charge in [-0.15, -0.1) is 11.8 Å². The summed E-state index contributed by atoms with van der Waals surface area (Å²) >= 11 is 0. The molecule has 0 saturated heterocycles. The Morgan fingerprint density at radius 3 is 2.36 bits per heavy atom. The first-order valence-electron chi connectivity index (χ1n) is 4.57. The van der Waals surface area contributed by atoms with Gasteiger partial charge in [0.05, 0.1) is 0 Å². The van der Waals surface area contributed by atoms with E-state index in [1.54, 1.807) is 0 Å². The summed E-state index contributed by atoms with van der Waals surface area (Å²) in [6.07, 6.45) is 7.02. The van der Waals surface area contributed by atoms with Gasteiger partial charge in [-0.3, -0.25) is 0 Å². The highest BCUT2D eigenvalue weighted by Gasteiger charge is 1.85. The monoisotopic (exact) mass is 153 g/mol. The average Bonchev–Trinajstić information content (AvgIpc) is 2.03. The maximum absolute atomic E-state index is 5.36. The van der Waals surface area contributed by atoms with Crippen LogP contribution >= 0.6 is 0 Å². The van der Waals surface area contributed by atoms with E-state index in [4.69, 9.17) is 5.73 Å². The molecular weight excluding hydrogens is 134 g/mol. The second kappa shape index (κ2) is 9.52. The van der Waals surface area contributed by atoms with Gasteiger partial charge >= 0.3 is 0 Å². The summed E-state index contributed by atoms with van der Waals surface area (Å²) in [4.78, 5) is 0. The van der Waals surface area contributed by atoms with E-state index >= 15 is 0 Å². The molecule has 0 amide bonds. The number of hydrogen-bond acceptors (Lipinski definition) is 1. The van der Waals surface area contributed by atoms with Crippen molar-refractivity contribution in [3.63, 3.8) is 0 Å². The number of rotatable bonds is 5. The Morgan fingerprint density at radius 2 is 1.73 bits per heavy atom. The van der Waals surface area contributed by atoms with Gasteiger partial charge in [-0.2, -0.15) is 0 Å². The predicted molar refractivity (Wildman–Crippen MR) is 50.2 cm³/mol. The lowest BCUT2D eigenvalue weighted by Gasteiger charge is -1.94. The van der Waals surface area contributed by atoms with Crippen LogP contribution in [0.25, 0.3) is 0 Å². The predicted octanol–water partition coefficient (Wildman–Crippen LogP) is 2.31. The molecule has 64 valence electrons. The summed E-state index contributed by atoms with van der Waals surface area (Å²) in [5.41, 5.74) is 5.36. The zero-order chi connectivity index (χ0) is 8.36. The van der Waals surface area contributed by atoms with Crippen LogP contribution in [0.2, 0.25) is 0 Å². The Balaban J connectivity index is 2.90. The van der Waals surface area contributed by atoms with Crippen LogP contribution in [0.1, 0.15) is 45.4 Å². The third kappa shape index (κ3) is 9.52. The van der Waals surface area contributed by atoms with Crippen molar-refractivity contribution < 1.29 is 0 Å². The molecule has 0 aliphatic carbocycles. The highest BCUT2D eigenvalue weighted by molar-refractivity contribution is 4.97. The third-order valence-electron chi connectivity index (χ3n) is 1.56. The molecule has 0 atom stereocenters. The molecule has 0 aliphatic rings. The van der Waals surface area contributed by atoms with Gasteiger partial charge in [0.2, 0.25) is 0 Å². The summed E-state index contributed by atoms with van der Waals surface area (Å²) in [6.45, 7) is 2.92. The fraction of sp³-hybridized carbons (Fsp3) is 0.800. The van der Waals surface area contributed by atoms with Gasteiger partial charge in [0.25, 0.3) is 0 Å². The van der Waals surface area contributed by atoms with Crippen molar-refractivity contribution in [3.05, 3.63) is 0 Å². The van der Waals surface area contributed by atoms with Crippen LogP contribution in [0.5, 0.6) is 0 Å². The van der Waals surface area contributed by atoms with Crippen molar-refractivity contribution in [2.24, 2.45) is 5.73 Å². The van der Waals surface area contributed by atoms with E-state index in [0.717, 1.165) is 19.4 Å². The molecule has 0 spiro atoms. The molecule has 1 nitrogen and oxygen atoms in total. The van der Waals surface area contributed by atoms with Crippen LogP contribution in [0.15, 0.2) is 0 Å². The molecule has 1 heteroatoms. The molecule has 0 radical (unpaired) electrons. The lowest BCUT2D eigenvalue weighted by atomic mass is 10.1. The molecule has 0 fully saturated rings. The van der Waals surface area contributed by atoms with Crippen LogP contribution in [0, 0.1) is 11.8 Å². The van der Waals surface area contributed by atoms with E-state index in [1.165, 1.54) is 25.7 Å². The van der Waals surface area contributed by atoms with E-state index in [9.17, 15) is 0 Å². The van der Waals surface area contributed by atoms with Gasteiger partial charge in [-0.05, 0) is 19.4 Å². The summed E-state index contributed by atoms with van der Waals surface area (Å²) < 4.78 is 0. The number of unbranched alkanes of at least 4 members (excludes halogenated alkanes) is 4. The first kappa shape index (κ1) is 10.5. The molecule has 0 aromatic rings. The second-order valence-electron chi connectivity index (χ2n) is 2.66. The van der Waals surface area contributed by atoms with Gasteiger partial charge in [-0.25, -0.2) is 0 Å². The van der Waals surface area contributed by atoms with Crippen molar-refractivity contribution in [3.8, 4) is 11.8 Å².